The largest absolute Gasteiger partial charge is 0.620 e. The SMILES string of the molecule is C=C(Cc1ccc(O)c(CCCC)c1)C(=O)OC(OC(=O)C(=C)Cc1ccc(O)c(CCCC)c1)(OC(=O)C(=C)Cc1ccc(O)c(CCCC)c1)OC(=O)C(=C)Cc1ccc(O)c(CCCC)c1. The summed E-state index contributed by atoms with van der Waals surface area (Å²) in [4.78, 5) is 56.8. The Bertz CT molecular complexity index is 2170. The summed E-state index contributed by atoms with van der Waals surface area (Å²) >= 11 is 0. The van der Waals surface area contributed by atoms with E-state index in [-0.39, 0.29) is 71.0 Å². The van der Waals surface area contributed by atoms with Gasteiger partial charge < -0.3 is 39.4 Å². The van der Waals surface area contributed by atoms with E-state index in [0.29, 0.717) is 70.2 Å². The molecule has 0 fully saturated rings. The Morgan fingerprint density at radius 1 is 0.391 bits per heavy atom. The van der Waals surface area contributed by atoms with E-state index < -0.39 is 30.0 Å². The van der Waals surface area contributed by atoms with E-state index in [1.807, 2.05) is 27.7 Å². The summed E-state index contributed by atoms with van der Waals surface area (Å²) < 4.78 is 22.8. The zero-order valence-corrected chi connectivity index (χ0v) is 40.6. The van der Waals surface area contributed by atoms with Crippen LogP contribution in [0.4, 0.5) is 0 Å². The Morgan fingerprint density at radius 2 is 0.594 bits per heavy atom. The number of carbonyl (C=O) groups excluding carboxylic acids is 4. The number of phenolic OH excluding ortho intramolecular Hbond substituents is 4. The first-order valence-corrected chi connectivity index (χ1v) is 23.8. The van der Waals surface area contributed by atoms with Crippen LogP contribution in [0.2, 0.25) is 0 Å². The smallest absolute Gasteiger partial charge is 0.508 e. The van der Waals surface area contributed by atoms with Crippen molar-refractivity contribution in [2.45, 2.75) is 137 Å². The molecule has 0 aliphatic heterocycles. The highest BCUT2D eigenvalue weighted by molar-refractivity contribution is 5.93. The number of hydrogen-bond donors (Lipinski definition) is 4. The van der Waals surface area contributed by atoms with Crippen LogP contribution < -0.4 is 0 Å². The summed E-state index contributed by atoms with van der Waals surface area (Å²) in [5, 5.41) is 42.0. The van der Waals surface area contributed by atoms with E-state index in [0.717, 1.165) is 51.4 Å². The lowest BCUT2D eigenvalue weighted by Crippen LogP contribution is -2.49. The normalized spacial score (nSPS) is 11.1. The Kier molecular flexibility index (Phi) is 20.9. The van der Waals surface area contributed by atoms with Gasteiger partial charge in [0.25, 0.3) is 0 Å². The number of ether oxygens (including phenoxy) is 4. The van der Waals surface area contributed by atoms with Gasteiger partial charge in [-0.1, -0.05) is 128 Å². The molecule has 0 atom stereocenters. The minimum Gasteiger partial charge on any atom is -0.508 e. The molecular formula is C57H68O12. The molecule has 69 heavy (non-hydrogen) atoms. The number of esters is 4. The van der Waals surface area contributed by atoms with Gasteiger partial charge in [-0.25, -0.2) is 19.2 Å². The average molecular weight is 945 g/mol. The molecule has 12 nitrogen and oxygen atoms in total. The van der Waals surface area contributed by atoms with Gasteiger partial charge in [-0.15, -0.1) is 0 Å². The minimum absolute atomic E-state index is 0.0873. The lowest BCUT2D eigenvalue weighted by molar-refractivity contribution is -0.428. The molecule has 4 aromatic carbocycles. The molecule has 0 radical (unpaired) electrons. The third-order valence-corrected chi connectivity index (χ3v) is 11.5. The average Bonchev–Trinajstić information content (AvgIpc) is 3.31. The van der Waals surface area contributed by atoms with E-state index in [2.05, 4.69) is 26.3 Å². The van der Waals surface area contributed by atoms with Crippen molar-refractivity contribution in [3.63, 3.8) is 0 Å². The zero-order valence-electron chi connectivity index (χ0n) is 40.6. The van der Waals surface area contributed by atoms with Crippen LogP contribution in [0.15, 0.2) is 121 Å². The molecule has 0 saturated heterocycles. The van der Waals surface area contributed by atoms with Crippen molar-refractivity contribution < 1.29 is 58.6 Å². The summed E-state index contributed by atoms with van der Waals surface area (Å²) in [5.41, 5.74) is 3.95. The predicted octanol–water partition coefficient (Wildman–Crippen LogP) is 11.2. The van der Waals surface area contributed by atoms with Gasteiger partial charge in [-0.2, -0.15) is 0 Å². The fourth-order valence-corrected chi connectivity index (χ4v) is 7.41. The third-order valence-electron chi connectivity index (χ3n) is 11.5. The number of unbranched alkanes of at least 4 members (excludes halogenated alkanes) is 4. The molecule has 4 rings (SSSR count). The fraction of sp³-hybridized carbons (Fsp3) is 0.368. The Morgan fingerprint density at radius 3 is 0.783 bits per heavy atom. The molecular weight excluding hydrogens is 877 g/mol. The lowest BCUT2D eigenvalue weighted by atomic mass is 10.00. The van der Waals surface area contributed by atoms with Crippen LogP contribution in [-0.4, -0.2) is 50.5 Å². The summed E-state index contributed by atoms with van der Waals surface area (Å²) in [6.07, 6.45) is 4.94. The third kappa shape index (κ3) is 16.6. The number of hydrogen-bond acceptors (Lipinski definition) is 12. The highest BCUT2D eigenvalue weighted by Crippen LogP contribution is 2.30. The van der Waals surface area contributed by atoms with Crippen LogP contribution in [0.5, 0.6) is 23.0 Å². The van der Waals surface area contributed by atoms with E-state index in [1.54, 1.807) is 48.5 Å². The molecule has 4 aromatic rings. The molecule has 0 aliphatic carbocycles. The molecule has 0 heterocycles. The van der Waals surface area contributed by atoms with Gasteiger partial charge in [0.1, 0.15) is 23.0 Å². The van der Waals surface area contributed by atoms with Gasteiger partial charge in [0.05, 0.1) is 0 Å². The van der Waals surface area contributed by atoms with Crippen molar-refractivity contribution in [2.75, 3.05) is 0 Å². The number of aryl methyl sites for hydroxylation is 4. The second-order valence-electron chi connectivity index (χ2n) is 17.4. The monoisotopic (exact) mass is 944 g/mol. The van der Waals surface area contributed by atoms with Crippen molar-refractivity contribution in [3.8, 4) is 23.0 Å². The second kappa shape index (κ2) is 26.5. The maximum atomic E-state index is 14.2. The van der Waals surface area contributed by atoms with Crippen LogP contribution in [-0.2, 0) is 89.5 Å². The first-order chi connectivity index (χ1) is 32.9. The quantitative estimate of drug-likeness (QED) is 0.0240. The Hall–Kier alpha value is -7.08. The highest BCUT2D eigenvalue weighted by atomic mass is 17.0. The molecule has 4 N–H and O–H groups in total. The van der Waals surface area contributed by atoms with Gasteiger partial charge >= 0.3 is 30.0 Å². The lowest BCUT2D eigenvalue weighted by Gasteiger charge is -2.30. The van der Waals surface area contributed by atoms with Crippen LogP contribution >= 0.6 is 0 Å². The zero-order chi connectivity index (χ0) is 50.7. The van der Waals surface area contributed by atoms with Crippen molar-refractivity contribution in [2.24, 2.45) is 0 Å². The molecule has 12 heteroatoms. The van der Waals surface area contributed by atoms with Crippen LogP contribution in [0.25, 0.3) is 0 Å². The van der Waals surface area contributed by atoms with Crippen LogP contribution in [0, 0.1) is 0 Å². The fourth-order valence-electron chi connectivity index (χ4n) is 7.41. The van der Waals surface area contributed by atoms with E-state index in [4.69, 9.17) is 18.9 Å². The van der Waals surface area contributed by atoms with Gasteiger partial charge in [0.15, 0.2) is 0 Å². The Labute approximate surface area is 406 Å². The number of phenols is 4. The highest BCUT2D eigenvalue weighted by Gasteiger charge is 2.51. The van der Waals surface area contributed by atoms with Gasteiger partial charge in [0, 0.05) is 48.0 Å². The summed E-state index contributed by atoms with van der Waals surface area (Å²) in [6, 6.07) is 19.3. The number of rotatable bonds is 28. The molecule has 368 valence electrons. The van der Waals surface area contributed by atoms with Gasteiger partial charge in [-0.3, -0.25) is 0 Å². The van der Waals surface area contributed by atoms with Gasteiger partial charge in [0.2, 0.25) is 0 Å². The second-order valence-corrected chi connectivity index (χ2v) is 17.4. The molecule has 0 amide bonds. The topological polar surface area (TPSA) is 186 Å². The molecule has 0 bridgehead atoms. The summed E-state index contributed by atoms with van der Waals surface area (Å²) in [6.45, 7) is 23.7. The van der Waals surface area contributed by atoms with Gasteiger partial charge in [-0.05, 0) is 120 Å². The van der Waals surface area contributed by atoms with Crippen LogP contribution in [0.1, 0.15) is 124 Å². The van der Waals surface area contributed by atoms with Crippen molar-refractivity contribution in [3.05, 3.63) is 166 Å². The van der Waals surface area contributed by atoms with Crippen LogP contribution in [0.3, 0.4) is 0 Å². The first kappa shape index (κ1) is 54.5. The maximum absolute atomic E-state index is 14.2. The first-order valence-electron chi connectivity index (χ1n) is 23.8. The molecule has 0 unspecified atom stereocenters. The van der Waals surface area contributed by atoms with Crippen molar-refractivity contribution >= 4 is 23.9 Å². The predicted molar refractivity (Wildman–Crippen MR) is 265 cm³/mol. The van der Waals surface area contributed by atoms with E-state index >= 15 is 0 Å². The minimum atomic E-state index is -3.55. The van der Waals surface area contributed by atoms with Crippen molar-refractivity contribution in [1.82, 2.24) is 0 Å². The van der Waals surface area contributed by atoms with E-state index in [1.165, 1.54) is 24.3 Å². The number of benzene rings is 4. The number of carbonyl (C=O) groups is 4. The maximum Gasteiger partial charge on any atom is 0.620 e. The number of aromatic hydroxyl groups is 4. The summed E-state index contributed by atoms with van der Waals surface area (Å²) in [7, 11) is 0. The standard InChI is InChI=1S/C57H68O12/c1-9-13-17-45-33-41(21-25-49(45)58)29-37(5)53(62)66-57(67-54(63)38(6)30-42-22-26-50(59)46(34-42)18-14-10-2,68-55(64)39(7)31-43-23-27-51(60)47(35-43)19-15-11-3)69-56(65)40(8)32-44-24-28-52(61)48(36-44)20-16-12-4/h21-28,33-36,58-61H,5-20,29-32H2,1-4H3. The Balaban J connectivity index is 1.76. The molecule has 0 aliphatic rings. The molecule has 0 aromatic heterocycles. The summed E-state index contributed by atoms with van der Waals surface area (Å²) in [5.74, 6) is -4.80. The van der Waals surface area contributed by atoms with Crippen molar-refractivity contribution in [1.29, 1.82) is 0 Å². The molecule has 0 spiro atoms. The molecule has 0 saturated carbocycles. The van der Waals surface area contributed by atoms with E-state index in [9.17, 15) is 39.6 Å².